The second-order valence-corrected chi connectivity index (χ2v) is 3.68. The molecule has 1 N–H and O–H groups in total. The Kier molecular flexibility index (Phi) is 4.02. The molecule has 2 heterocycles. The number of nitrogens with zero attached hydrogens (tertiary/aromatic N) is 1. The van der Waals surface area contributed by atoms with Crippen LogP contribution >= 0.6 is 0 Å². The van der Waals surface area contributed by atoms with Crippen LogP contribution in [-0.4, -0.2) is 37.6 Å². The molecule has 0 spiro atoms. The summed E-state index contributed by atoms with van der Waals surface area (Å²) in [5, 5.41) is 3.57. The van der Waals surface area contributed by atoms with Crippen molar-refractivity contribution in [1.29, 1.82) is 0 Å². The van der Waals surface area contributed by atoms with E-state index in [1.807, 2.05) is 13.8 Å². The molecule has 12 heavy (non-hydrogen) atoms. The Morgan fingerprint density at radius 1 is 1.25 bits per heavy atom. The van der Waals surface area contributed by atoms with E-state index in [2.05, 4.69) is 17.3 Å². The third-order valence-electron chi connectivity index (χ3n) is 2.78. The molecule has 2 saturated heterocycles. The third kappa shape index (κ3) is 2.20. The fourth-order valence-corrected chi connectivity index (χ4v) is 2.26. The fourth-order valence-electron chi connectivity index (χ4n) is 2.26. The Balaban J connectivity index is 0.000000336. The van der Waals surface area contributed by atoms with Crippen LogP contribution in [0.2, 0.25) is 0 Å². The predicted molar refractivity (Wildman–Crippen MR) is 53.4 cm³/mol. The zero-order valence-corrected chi connectivity index (χ0v) is 8.64. The first-order chi connectivity index (χ1) is 5.86. The highest BCUT2D eigenvalue weighted by Gasteiger charge is 2.31. The molecule has 2 nitrogen and oxygen atoms in total. The van der Waals surface area contributed by atoms with E-state index >= 15 is 0 Å². The van der Waals surface area contributed by atoms with Gasteiger partial charge in [0.2, 0.25) is 0 Å². The molecule has 0 aromatic rings. The molecule has 0 aromatic heterocycles. The van der Waals surface area contributed by atoms with Gasteiger partial charge < -0.3 is 10.2 Å². The second kappa shape index (κ2) is 4.83. The predicted octanol–water partition coefficient (Wildman–Crippen LogP) is 1.33. The molecule has 0 radical (unpaired) electrons. The lowest BCUT2D eigenvalue weighted by molar-refractivity contribution is 0.338. The normalized spacial score (nSPS) is 35.2. The number of piperidine rings is 1. The van der Waals surface area contributed by atoms with Gasteiger partial charge in [0.15, 0.2) is 0 Å². The lowest BCUT2D eigenvalue weighted by atomic mass is 9.94. The van der Waals surface area contributed by atoms with Crippen molar-refractivity contribution >= 4 is 0 Å². The molecule has 0 aliphatic carbocycles. The van der Waals surface area contributed by atoms with Crippen molar-refractivity contribution in [1.82, 2.24) is 10.2 Å². The van der Waals surface area contributed by atoms with Crippen LogP contribution in [0.5, 0.6) is 0 Å². The lowest BCUT2D eigenvalue weighted by Gasteiger charge is -2.24. The van der Waals surface area contributed by atoms with Gasteiger partial charge in [0.05, 0.1) is 0 Å². The quantitative estimate of drug-likeness (QED) is 0.590. The van der Waals surface area contributed by atoms with Crippen molar-refractivity contribution in [3.63, 3.8) is 0 Å². The van der Waals surface area contributed by atoms with E-state index in [4.69, 9.17) is 0 Å². The summed E-state index contributed by atoms with van der Waals surface area (Å²) in [7, 11) is 2.22. The third-order valence-corrected chi connectivity index (χ3v) is 2.78. The smallest absolute Gasteiger partial charge is 0.0235 e. The van der Waals surface area contributed by atoms with Gasteiger partial charge in [-0.3, -0.25) is 0 Å². The summed E-state index contributed by atoms with van der Waals surface area (Å²) in [6.07, 6.45) is 2.83. The van der Waals surface area contributed by atoms with Gasteiger partial charge in [-0.25, -0.2) is 0 Å². The molecule has 0 aromatic carbocycles. The molecule has 0 saturated carbocycles. The van der Waals surface area contributed by atoms with Gasteiger partial charge in [0.1, 0.15) is 0 Å². The SMILES string of the molecule is CC.CN1CC2CCCN[C@@H]2C1. The summed E-state index contributed by atoms with van der Waals surface area (Å²) >= 11 is 0. The molecule has 1 unspecified atom stereocenters. The molecule has 0 bridgehead atoms. The van der Waals surface area contributed by atoms with Gasteiger partial charge in [-0.2, -0.15) is 0 Å². The van der Waals surface area contributed by atoms with Gasteiger partial charge in [0.25, 0.3) is 0 Å². The molecular formula is C10H22N2. The summed E-state index contributed by atoms with van der Waals surface area (Å²) in [4.78, 5) is 2.44. The van der Waals surface area contributed by atoms with Crippen molar-refractivity contribution in [3.8, 4) is 0 Å². The molecule has 2 aliphatic rings. The van der Waals surface area contributed by atoms with Gasteiger partial charge in [-0.15, -0.1) is 0 Å². The van der Waals surface area contributed by atoms with Crippen LogP contribution in [0.25, 0.3) is 0 Å². The number of likely N-dealkylation sites (tertiary alicyclic amines) is 1. The lowest BCUT2D eigenvalue weighted by Crippen LogP contribution is -2.40. The zero-order chi connectivity index (χ0) is 8.97. The summed E-state index contributed by atoms with van der Waals surface area (Å²) in [6, 6.07) is 0.818. The maximum Gasteiger partial charge on any atom is 0.0235 e. The van der Waals surface area contributed by atoms with Gasteiger partial charge in [-0.1, -0.05) is 13.8 Å². The standard InChI is InChI=1S/C8H16N2.C2H6/c1-10-5-7-3-2-4-9-8(7)6-10;1-2/h7-9H,2-6H2,1H3;1-2H3/t7?,8-;/m1./s1. The number of hydrogen-bond donors (Lipinski definition) is 1. The van der Waals surface area contributed by atoms with E-state index < -0.39 is 0 Å². The van der Waals surface area contributed by atoms with Crippen molar-refractivity contribution in [2.75, 3.05) is 26.7 Å². The van der Waals surface area contributed by atoms with Crippen LogP contribution in [0.3, 0.4) is 0 Å². The summed E-state index contributed by atoms with van der Waals surface area (Å²) in [5.74, 6) is 0.957. The summed E-state index contributed by atoms with van der Waals surface area (Å²) in [5.41, 5.74) is 0. The van der Waals surface area contributed by atoms with E-state index in [-0.39, 0.29) is 0 Å². The Morgan fingerprint density at radius 2 is 2.00 bits per heavy atom. The first-order valence-electron chi connectivity index (χ1n) is 5.28. The van der Waals surface area contributed by atoms with Crippen LogP contribution < -0.4 is 5.32 Å². The molecule has 2 heteroatoms. The van der Waals surface area contributed by atoms with Crippen molar-refractivity contribution in [2.45, 2.75) is 32.7 Å². The molecule has 0 amide bonds. The molecule has 2 atom stereocenters. The molecule has 2 fully saturated rings. The summed E-state index contributed by atoms with van der Waals surface area (Å²) < 4.78 is 0. The van der Waals surface area contributed by atoms with Crippen LogP contribution in [0, 0.1) is 5.92 Å². The second-order valence-electron chi connectivity index (χ2n) is 3.68. The number of rotatable bonds is 0. The average molecular weight is 170 g/mol. The van der Waals surface area contributed by atoms with Gasteiger partial charge >= 0.3 is 0 Å². The van der Waals surface area contributed by atoms with Crippen LogP contribution in [0.4, 0.5) is 0 Å². The molecular weight excluding hydrogens is 148 g/mol. The highest BCUT2D eigenvalue weighted by molar-refractivity contribution is 4.90. The molecule has 2 rings (SSSR count). The van der Waals surface area contributed by atoms with E-state index in [1.54, 1.807) is 0 Å². The van der Waals surface area contributed by atoms with E-state index in [1.165, 1.54) is 32.5 Å². The maximum absolute atomic E-state index is 3.57. The first kappa shape index (κ1) is 10.0. The summed E-state index contributed by atoms with van der Waals surface area (Å²) in [6.45, 7) is 7.83. The number of nitrogens with one attached hydrogen (secondary N) is 1. The topological polar surface area (TPSA) is 15.3 Å². The molecule has 2 aliphatic heterocycles. The molecule has 72 valence electrons. The van der Waals surface area contributed by atoms with E-state index in [9.17, 15) is 0 Å². The number of hydrogen-bond acceptors (Lipinski definition) is 2. The highest BCUT2D eigenvalue weighted by Crippen LogP contribution is 2.23. The van der Waals surface area contributed by atoms with Crippen molar-refractivity contribution in [2.24, 2.45) is 5.92 Å². The highest BCUT2D eigenvalue weighted by atomic mass is 15.2. The minimum absolute atomic E-state index is 0.818. The minimum atomic E-state index is 0.818. The Bertz CT molecular complexity index is 111. The van der Waals surface area contributed by atoms with Gasteiger partial charge in [-0.05, 0) is 32.4 Å². The Morgan fingerprint density at radius 3 is 2.67 bits per heavy atom. The fraction of sp³-hybridized carbons (Fsp3) is 1.00. The van der Waals surface area contributed by atoms with E-state index in [0.29, 0.717) is 0 Å². The largest absolute Gasteiger partial charge is 0.312 e. The first-order valence-corrected chi connectivity index (χ1v) is 5.28. The minimum Gasteiger partial charge on any atom is -0.312 e. The van der Waals surface area contributed by atoms with Crippen molar-refractivity contribution in [3.05, 3.63) is 0 Å². The maximum atomic E-state index is 3.57. The van der Waals surface area contributed by atoms with Crippen LogP contribution in [0.15, 0.2) is 0 Å². The number of fused-ring (bicyclic) bond motifs is 1. The van der Waals surface area contributed by atoms with Crippen molar-refractivity contribution < 1.29 is 0 Å². The van der Waals surface area contributed by atoms with Crippen LogP contribution in [0.1, 0.15) is 26.7 Å². The Labute approximate surface area is 76.3 Å². The Hall–Kier alpha value is -0.0800. The van der Waals surface area contributed by atoms with E-state index in [0.717, 1.165) is 12.0 Å². The van der Waals surface area contributed by atoms with Gasteiger partial charge in [0, 0.05) is 19.1 Å². The number of likely N-dealkylation sites (N-methyl/N-ethyl adjacent to an activating group) is 1. The average Bonchev–Trinajstić information content (AvgIpc) is 2.48. The van der Waals surface area contributed by atoms with Crippen LogP contribution in [-0.2, 0) is 0 Å². The monoisotopic (exact) mass is 170 g/mol. The zero-order valence-electron chi connectivity index (χ0n) is 8.64.